The molecule has 0 saturated carbocycles. The van der Waals surface area contributed by atoms with Gasteiger partial charge in [-0.05, 0) is 37.6 Å². The molecule has 1 aliphatic heterocycles. The van der Waals surface area contributed by atoms with Crippen LogP contribution in [0.4, 0.5) is 5.69 Å². The normalized spacial score (nSPS) is 15.0. The molecule has 1 heterocycles. The maximum Gasteiger partial charge on any atom is 0.265 e. The molecule has 0 unspecified atom stereocenters. The fourth-order valence-corrected chi connectivity index (χ4v) is 3.03. The highest BCUT2D eigenvalue weighted by Crippen LogP contribution is 2.20. The molecule has 0 spiro atoms. The van der Waals surface area contributed by atoms with Gasteiger partial charge in [-0.25, -0.2) is 0 Å². The first-order valence-electron chi connectivity index (χ1n) is 9.58. The molecule has 1 saturated heterocycles. The van der Waals surface area contributed by atoms with E-state index in [9.17, 15) is 9.59 Å². The van der Waals surface area contributed by atoms with Gasteiger partial charge in [0.2, 0.25) is 0 Å². The first-order valence-corrected chi connectivity index (χ1v) is 9.58. The summed E-state index contributed by atoms with van der Waals surface area (Å²) >= 11 is 0. The van der Waals surface area contributed by atoms with Gasteiger partial charge in [-0.2, -0.15) is 0 Å². The minimum atomic E-state index is -0.644. The van der Waals surface area contributed by atoms with Gasteiger partial charge in [0.15, 0.2) is 6.10 Å². The monoisotopic (exact) mass is 382 g/mol. The highest BCUT2D eigenvalue weighted by molar-refractivity contribution is 6.04. The highest BCUT2D eigenvalue weighted by atomic mass is 16.5. The van der Waals surface area contributed by atoms with Crippen LogP contribution in [0.3, 0.4) is 0 Å². The minimum absolute atomic E-state index is 0.105. The lowest BCUT2D eigenvalue weighted by atomic mass is 10.1. The number of carbonyl (C=O) groups is 2. The number of rotatable bonds is 6. The SMILES string of the molecule is CC[C@H](Oc1ccc(C)cc1)C(=O)Nc1ccccc1C(=O)N1CCOCC1. The summed E-state index contributed by atoms with van der Waals surface area (Å²) in [5, 5.41) is 2.87. The van der Waals surface area contributed by atoms with E-state index in [-0.39, 0.29) is 11.8 Å². The van der Waals surface area contributed by atoms with Gasteiger partial charge in [-0.3, -0.25) is 9.59 Å². The van der Waals surface area contributed by atoms with Gasteiger partial charge in [0.25, 0.3) is 11.8 Å². The molecule has 0 radical (unpaired) electrons. The van der Waals surface area contributed by atoms with Crippen molar-refractivity contribution >= 4 is 17.5 Å². The topological polar surface area (TPSA) is 67.9 Å². The molecule has 1 N–H and O–H groups in total. The van der Waals surface area contributed by atoms with Crippen molar-refractivity contribution in [2.75, 3.05) is 31.6 Å². The number of benzene rings is 2. The Morgan fingerprint density at radius 3 is 2.46 bits per heavy atom. The number of amides is 2. The molecular formula is C22H26N2O4. The predicted molar refractivity (Wildman–Crippen MR) is 108 cm³/mol. The summed E-state index contributed by atoms with van der Waals surface area (Å²) in [6.07, 6.45) is -0.131. The van der Waals surface area contributed by atoms with E-state index < -0.39 is 6.10 Å². The minimum Gasteiger partial charge on any atom is -0.481 e. The third-order valence-electron chi connectivity index (χ3n) is 4.68. The van der Waals surface area contributed by atoms with Crippen LogP contribution in [0.2, 0.25) is 0 Å². The molecule has 2 aromatic rings. The summed E-state index contributed by atoms with van der Waals surface area (Å²) in [5.41, 5.74) is 2.10. The van der Waals surface area contributed by atoms with Crippen LogP contribution in [0.25, 0.3) is 0 Å². The Hall–Kier alpha value is -2.86. The summed E-state index contributed by atoms with van der Waals surface area (Å²) in [6.45, 7) is 6.05. The van der Waals surface area contributed by atoms with Crippen molar-refractivity contribution in [3.63, 3.8) is 0 Å². The van der Waals surface area contributed by atoms with E-state index in [1.165, 1.54) is 0 Å². The van der Waals surface area contributed by atoms with E-state index in [0.29, 0.717) is 49.7 Å². The van der Waals surface area contributed by atoms with E-state index >= 15 is 0 Å². The summed E-state index contributed by atoms with van der Waals surface area (Å²) in [5.74, 6) is 0.266. The average molecular weight is 382 g/mol. The van der Waals surface area contributed by atoms with Crippen molar-refractivity contribution in [3.05, 3.63) is 59.7 Å². The molecule has 1 aliphatic rings. The van der Waals surface area contributed by atoms with Crippen molar-refractivity contribution < 1.29 is 19.1 Å². The second-order valence-corrected chi connectivity index (χ2v) is 6.77. The Morgan fingerprint density at radius 2 is 1.79 bits per heavy atom. The van der Waals surface area contributed by atoms with E-state index in [2.05, 4.69) is 5.32 Å². The fraction of sp³-hybridized carbons (Fsp3) is 0.364. The molecule has 2 aromatic carbocycles. The Kier molecular flexibility index (Phi) is 6.66. The molecule has 3 rings (SSSR count). The number of morpholine rings is 1. The molecule has 0 aliphatic carbocycles. The van der Waals surface area contributed by atoms with Crippen molar-refractivity contribution in [2.45, 2.75) is 26.4 Å². The number of hydrogen-bond donors (Lipinski definition) is 1. The van der Waals surface area contributed by atoms with Crippen LogP contribution < -0.4 is 10.1 Å². The standard InChI is InChI=1S/C22H26N2O4/c1-3-20(28-17-10-8-16(2)9-11-17)21(25)23-19-7-5-4-6-18(19)22(26)24-12-14-27-15-13-24/h4-11,20H,3,12-15H2,1-2H3,(H,23,25)/t20-/m0/s1. The van der Waals surface area contributed by atoms with Gasteiger partial charge in [-0.1, -0.05) is 36.8 Å². The zero-order valence-corrected chi connectivity index (χ0v) is 16.3. The molecule has 1 atom stereocenters. The maximum absolute atomic E-state index is 12.9. The number of nitrogens with zero attached hydrogens (tertiary/aromatic N) is 1. The molecule has 28 heavy (non-hydrogen) atoms. The Morgan fingerprint density at radius 1 is 1.11 bits per heavy atom. The summed E-state index contributed by atoms with van der Waals surface area (Å²) in [4.78, 5) is 27.4. The number of hydrogen-bond acceptors (Lipinski definition) is 4. The van der Waals surface area contributed by atoms with Crippen LogP contribution in [0.1, 0.15) is 29.3 Å². The molecule has 0 bridgehead atoms. The van der Waals surface area contributed by atoms with Crippen LogP contribution in [-0.4, -0.2) is 49.1 Å². The van der Waals surface area contributed by atoms with Crippen molar-refractivity contribution in [1.29, 1.82) is 0 Å². The zero-order valence-electron chi connectivity index (χ0n) is 16.3. The number of carbonyl (C=O) groups excluding carboxylic acids is 2. The van der Waals surface area contributed by atoms with E-state index in [1.807, 2.05) is 38.1 Å². The number of ether oxygens (including phenoxy) is 2. The van der Waals surface area contributed by atoms with E-state index in [4.69, 9.17) is 9.47 Å². The van der Waals surface area contributed by atoms with Crippen molar-refractivity contribution in [1.82, 2.24) is 4.90 Å². The number of para-hydroxylation sites is 1. The third-order valence-corrected chi connectivity index (χ3v) is 4.68. The molecule has 6 nitrogen and oxygen atoms in total. The second-order valence-electron chi connectivity index (χ2n) is 6.77. The first kappa shape index (κ1) is 19.9. The van der Waals surface area contributed by atoms with Crippen molar-refractivity contribution in [2.24, 2.45) is 0 Å². The lowest BCUT2D eigenvalue weighted by molar-refractivity contribution is -0.122. The molecule has 2 amide bonds. The Labute approximate surface area is 165 Å². The van der Waals surface area contributed by atoms with Gasteiger partial charge in [0, 0.05) is 13.1 Å². The van der Waals surface area contributed by atoms with E-state index in [1.54, 1.807) is 29.2 Å². The third kappa shape index (κ3) is 4.89. The summed E-state index contributed by atoms with van der Waals surface area (Å²) < 4.78 is 11.2. The van der Waals surface area contributed by atoms with E-state index in [0.717, 1.165) is 5.56 Å². The number of anilines is 1. The predicted octanol–water partition coefficient (Wildman–Crippen LogP) is 3.26. The van der Waals surface area contributed by atoms with Crippen molar-refractivity contribution in [3.8, 4) is 5.75 Å². The average Bonchev–Trinajstić information content (AvgIpc) is 2.73. The van der Waals surface area contributed by atoms with Crippen LogP contribution in [0.5, 0.6) is 5.75 Å². The van der Waals surface area contributed by atoms with Crippen LogP contribution in [0, 0.1) is 6.92 Å². The van der Waals surface area contributed by atoms with Crippen LogP contribution in [0.15, 0.2) is 48.5 Å². The summed E-state index contributed by atoms with van der Waals surface area (Å²) in [7, 11) is 0. The van der Waals surface area contributed by atoms with Crippen LogP contribution >= 0.6 is 0 Å². The smallest absolute Gasteiger partial charge is 0.265 e. The lowest BCUT2D eigenvalue weighted by Gasteiger charge is -2.27. The van der Waals surface area contributed by atoms with Gasteiger partial charge in [-0.15, -0.1) is 0 Å². The first-order chi connectivity index (χ1) is 13.6. The molecule has 6 heteroatoms. The fourth-order valence-electron chi connectivity index (χ4n) is 3.03. The second kappa shape index (κ2) is 9.37. The Bertz CT molecular complexity index is 814. The van der Waals surface area contributed by atoms with Gasteiger partial charge in [0.05, 0.1) is 24.5 Å². The Balaban J connectivity index is 1.72. The maximum atomic E-state index is 12.9. The number of nitrogens with one attached hydrogen (secondary N) is 1. The lowest BCUT2D eigenvalue weighted by Crippen LogP contribution is -2.41. The zero-order chi connectivity index (χ0) is 19.9. The molecular weight excluding hydrogens is 356 g/mol. The van der Waals surface area contributed by atoms with Gasteiger partial charge < -0.3 is 19.7 Å². The quantitative estimate of drug-likeness (QED) is 0.833. The molecule has 0 aromatic heterocycles. The largest absolute Gasteiger partial charge is 0.481 e. The molecule has 148 valence electrons. The number of aryl methyl sites for hydroxylation is 1. The van der Waals surface area contributed by atoms with Crippen LogP contribution in [-0.2, 0) is 9.53 Å². The highest BCUT2D eigenvalue weighted by Gasteiger charge is 2.24. The molecule has 1 fully saturated rings. The van der Waals surface area contributed by atoms with Gasteiger partial charge in [0.1, 0.15) is 5.75 Å². The summed E-state index contributed by atoms with van der Waals surface area (Å²) in [6, 6.07) is 14.6. The van der Waals surface area contributed by atoms with Gasteiger partial charge >= 0.3 is 0 Å².